The predicted octanol–water partition coefficient (Wildman–Crippen LogP) is 5.71. The number of piperidine rings is 1. The second-order valence-electron chi connectivity index (χ2n) is 13.1. The molecule has 2 fully saturated rings. The Morgan fingerprint density at radius 1 is 1.00 bits per heavy atom. The van der Waals surface area contributed by atoms with Crippen LogP contribution in [0.15, 0.2) is 30.3 Å². The SMILES string of the molecule is Cc1cc2c(cc1C)C1(CCN(C(=O)[C@@H]3CN(C(C)(C)C)C[C@H]3c3ccc(F)cc3F)CC1)C(=O)N2C(C)C. The van der Waals surface area contributed by atoms with Crippen molar-refractivity contribution in [2.75, 3.05) is 31.1 Å². The molecule has 7 heteroatoms. The molecule has 3 heterocycles. The number of halogens is 2. The molecule has 2 aromatic rings. The minimum Gasteiger partial charge on any atom is -0.342 e. The van der Waals surface area contributed by atoms with Crippen molar-refractivity contribution in [2.45, 2.75) is 84.2 Å². The quantitative estimate of drug-likeness (QED) is 0.504. The number of hydrogen-bond donors (Lipinski definition) is 0. The molecule has 1 spiro atoms. The zero-order valence-corrected chi connectivity index (χ0v) is 24.3. The van der Waals surface area contributed by atoms with E-state index in [4.69, 9.17) is 0 Å². The van der Waals surface area contributed by atoms with Gasteiger partial charge in [-0.05, 0) is 95.7 Å². The molecule has 3 aliphatic rings. The van der Waals surface area contributed by atoms with E-state index in [1.807, 2.05) is 23.6 Å². The molecule has 0 saturated carbocycles. The smallest absolute Gasteiger partial charge is 0.238 e. The van der Waals surface area contributed by atoms with Gasteiger partial charge in [0, 0.05) is 55.4 Å². The van der Waals surface area contributed by atoms with Crippen LogP contribution >= 0.6 is 0 Å². The van der Waals surface area contributed by atoms with Crippen LogP contribution < -0.4 is 4.90 Å². The highest BCUT2D eigenvalue weighted by molar-refractivity contribution is 6.09. The van der Waals surface area contributed by atoms with Crippen LogP contribution in [0.1, 0.15) is 75.6 Å². The Morgan fingerprint density at radius 3 is 2.23 bits per heavy atom. The molecular formula is C32H41F2N3O2. The highest BCUT2D eigenvalue weighted by Crippen LogP contribution is 2.50. The summed E-state index contributed by atoms with van der Waals surface area (Å²) in [7, 11) is 0. The van der Waals surface area contributed by atoms with Gasteiger partial charge < -0.3 is 9.80 Å². The number of amides is 2. The lowest BCUT2D eigenvalue weighted by atomic mass is 9.72. The summed E-state index contributed by atoms with van der Waals surface area (Å²) in [5, 5.41) is 0. The molecule has 3 aliphatic heterocycles. The Hall–Kier alpha value is -2.80. The summed E-state index contributed by atoms with van der Waals surface area (Å²) in [6.07, 6.45) is 1.14. The van der Waals surface area contributed by atoms with Crippen LogP contribution in [0.2, 0.25) is 0 Å². The first-order chi connectivity index (χ1) is 18.2. The van der Waals surface area contributed by atoms with Crippen LogP contribution in [0.5, 0.6) is 0 Å². The summed E-state index contributed by atoms with van der Waals surface area (Å²) >= 11 is 0. The normalized spacial score (nSPS) is 23.3. The topological polar surface area (TPSA) is 43.9 Å². The molecule has 2 amide bonds. The first-order valence-electron chi connectivity index (χ1n) is 14.2. The minimum absolute atomic E-state index is 0.00297. The first-order valence-corrected chi connectivity index (χ1v) is 14.2. The van der Waals surface area contributed by atoms with Crippen LogP contribution in [0.25, 0.3) is 0 Å². The van der Waals surface area contributed by atoms with E-state index in [-0.39, 0.29) is 29.3 Å². The van der Waals surface area contributed by atoms with Gasteiger partial charge in [-0.2, -0.15) is 0 Å². The standard InChI is InChI=1S/C32H41F2N3O2/c1-19(2)37-28-15-21(4)20(3)14-26(28)32(30(37)39)10-12-35(13-11-32)29(38)25-18-36(31(5,6)7)17-24(25)23-9-8-22(33)16-27(23)34/h8-9,14-16,19,24-25H,10-13,17-18H2,1-7H3/t24-,25+/m0/s1. The lowest BCUT2D eigenvalue weighted by Gasteiger charge is -2.40. The van der Waals surface area contributed by atoms with Crippen molar-refractivity contribution in [1.29, 1.82) is 0 Å². The van der Waals surface area contributed by atoms with Crippen molar-refractivity contribution in [3.05, 3.63) is 64.2 Å². The minimum atomic E-state index is -0.621. The zero-order chi connectivity index (χ0) is 28.4. The third-order valence-corrected chi connectivity index (χ3v) is 9.41. The fourth-order valence-corrected chi connectivity index (χ4v) is 6.90. The Kier molecular flexibility index (Phi) is 6.89. The highest BCUT2D eigenvalue weighted by atomic mass is 19.1. The molecule has 2 saturated heterocycles. The van der Waals surface area contributed by atoms with Gasteiger partial charge in [0.1, 0.15) is 11.6 Å². The molecule has 0 aliphatic carbocycles. The average molecular weight is 538 g/mol. The van der Waals surface area contributed by atoms with Crippen LogP contribution in [-0.2, 0) is 15.0 Å². The number of rotatable bonds is 3. The summed E-state index contributed by atoms with van der Waals surface area (Å²) < 4.78 is 28.6. The molecule has 39 heavy (non-hydrogen) atoms. The summed E-state index contributed by atoms with van der Waals surface area (Å²) in [6.45, 7) is 16.5. The van der Waals surface area contributed by atoms with Crippen LogP contribution in [0.3, 0.4) is 0 Å². The van der Waals surface area contributed by atoms with Gasteiger partial charge in [-0.15, -0.1) is 0 Å². The van der Waals surface area contributed by atoms with Gasteiger partial charge in [-0.3, -0.25) is 14.5 Å². The van der Waals surface area contributed by atoms with Gasteiger partial charge in [0.05, 0.1) is 11.3 Å². The number of carbonyl (C=O) groups excluding carboxylic acids is 2. The number of nitrogens with zero attached hydrogens (tertiary/aromatic N) is 3. The van der Waals surface area contributed by atoms with Gasteiger partial charge in [-0.25, -0.2) is 8.78 Å². The van der Waals surface area contributed by atoms with E-state index < -0.39 is 23.0 Å². The molecule has 0 radical (unpaired) electrons. The second-order valence-corrected chi connectivity index (χ2v) is 13.1. The Morgan fingerprint density at radius 2 is 1.64 bits per heavy atom. The largest absolute Gasteiger partial charge is 0.342 e. The molecule has 2 atom stereocenters. The fourth-order valence-electron chi connectivity index (χ4n) is 6.90. The maximum Gasteiger partial charge on any atom is 0.238 e. The van der Waals surface area contributed by atoms with Gasteiger partial charge >= 0.3 is 0 Å². The van der Waals surface area contributed by atoms with E-state index >= 15 is 0 Å². The molecule has 2 aromatic carbocycles. The molecule has 0 bridgehead atoms. The van der Waals surface area contributed by atoms with Crippen LogP contribution in [-0.4, -0.2) is 59.4 Å². The lowest BCUT2D eigenvalue weighted by Crippen LogP contribution is -2.52. The lowest BCUT2D eigenvalue weighted by molar-refractivity contribution is -0.139. The maximum absolute atomic E-state index is 14.9. The van der Waals surface area contributed by atoms with Crippen molar-refractivity contribution in [1.82, 2.24) is 9.80 Å². The van der Waals surface area contributed by atoms with Crippen molar-refractivity contribution in [3.63, 3.8) is 0 Å². The highest BCUT2D eigenvalue weighted by Gasteiger charge is 2.54. The van der Waals surface area contributed by atoms with Gasteiger partial charge in [-0.1, -0.05) is 12.1 Å². The van der Waals surface area contributed by atoms with E-state index in [0.717, 1.165) is 17.3 Å². The average Bonchev–Trinajstić information content (AvgIpc) is 3.39. The predicted molar refractivity (Wildman–Crippen MR) is 150 cm³/mol. The monoisotopic (exact) mass is 537 g/mol. The van der Waals surface area contributed by atoms with E-state index in [2.05, 4.69) is 51.7 Å². The summed E-state index contributed by atoms with van der Waals surface area (Å²) in [4.78, 5) is 34.0. The number of fused-ring (bicyclic) bond motifs is 2. The number of anilines is 1. The molecule has 0 aromatic heterocycles. The van der Waals surface area contributed by atoms with Crippen LogP contribution in [0.4, 0.5) is 14.5 Å². The Labute approximate surface area is 231 Å². The van der Waals surface area contributed by atoms with Crippen molar-refractivity contribution in [3.8, 4) is 0 Å². The van der Waals surface area contributed by atoms with Crippen molar-refractivity contribution in [2.24, 2.45) is 5.92 Å². The summed E-state index contributed by atoms with van der Waals surface area (Å²) in [5.41, 5.74) is 4.01. The molecule has 5 nitrogen and oxygen atoms in total. The number of aryl methyl sites for hydroxylation is 2. The molecular weight excluding hydrogens is 496 g/mol. The zero-order valence-electron chi connectivity index (χ0n) is 24.3. The van der Waals surface area contributed by atoms with Gasteiger partial charge in [0.25, 0.3) is 0 Å². The van der Waals surface area contributed by atoms with Crippen molar-refractivity contribution >= 4 is 17.5 Å². The third-order valence-electron chi connectivity index (χ3n) is 9.41. The second kappa shape index (κ2) is 9.69. The Balaban J connectivity index is 1.42. The number of carbonyl (C=O) groups is 2. The van der Waals surface area contributed by atoms with Gasteiger partial charge in [0.15, 0.2) is 0 Å². The molecule has 5 rings (SSSR count). The fraction of sp³-hybridized carbons (Fsp3) is 0.562. The van der Waals surface area contributed by atoms with Crippen molar-refractivity contribution < 1.29 is 18.4 Å². The van der Waals surface area contributed by atoms with E-state index in [1.165, 1.54) is 23.3 Å². The third kappa shape index (κ3) is 4.56. The first kappa shape index (κ1) is 27.8. The van der Waals surface area contributed by atoms with E-state index in [0.29, 0.717) is 44.6 Å². The molecule has 0 unspecified atom stereocenters. The summed E-state index contributed by atoms with van der Waals surface area (Å²) in [5.74, 6) is -1.87. The van der Waals surface area contributed by atoms with Crippen LogP contribution in [0, 0.1) is 31.4 Å². The molecule has 0 N–H and O–H groups in total. The molecule has 210 valence electrons. The van der Waals surface area contributed by atoms with E-state index in [1.54, 1.807) is 0 Å². The number of hydrogen-bond acceptors (Lipinski definition) is 3. The van der Waals surface area contributed by atoms with Gasteiger partial charge in [0.2, 0.25) is 11.8 Å². The Bertz CT molecular complexity index is 1310. The summed E-state index contributed by atoms with van der Waals surface area (Å²) in [6, 6.07) is 8.04. The van der Waals surface area contributed by atoms with E-state index in [9.17, 15) is 18.4 Å². The number of likely N-dealkylation sites (tertiary alicyclic amines) is 2. The number of benzene rings is 2. The maximum atomic E-state index is 14.9.